The van der Waals surface area contributed by atoms with E-state index in [1.54, 1.807) is 24.3 Å². The Hall–Kier alpha value is -4.95. The first-order chi connectivity index (χ1) is 20.3. The molecule has 4 aromatic rings. The molecule has 0 saturated heterocycles. The Morgan fingerprint density at radius 3 is 2.40 bits per heavy atom. The van der Waals surface area contributed by atoms with E-state index in [1.807, 2.05) is 0 Å². The number of hydrogen-bond acceptors (Lipinski definition) is 12. The third-order valence-corrected chi connectivity index (χ3v) is 7.64. The van der Waals surface area contributed by atoms with Crippen molar-refractivity contribution in [3.63, 3.8) is 0 Å². The van der Waals surface area contributed by atoms with Crippen molar-refractivity contribution in [1.29, 1.82) is 0 Å². The summed E-state index contributed by atoms with van der Waals surface area (Å²) >= 11 is 6.28. The van der Waals surface area contributed by atoms with Crippen molar-refractivity contribution in [3.05, 3.63) is 77.2 Å². The summed E-state index contributed by atoms with van der Waals surface area (Å²) in [7, 11) is -2.80. The first-order valence-corrected chi connectivity index (χ1v) is 14.0. The van der Waals surface area contributed by atoms with Gasteiger partial charge >= 0.3 is 5.97 Å². The number of anilines is 1. The van der Waals surface area contributed by atoms with Gasteiger partial charge in [0.05, 0.1) is 23.2 Å². The normalized spacial score (nSPS) is 13.0. The van der Waals surface area contributed by atoms with Crippen molar-refractivity contribution in [2.45, 2.75) is 11.5 Å². The van der Waals surface area contributed by atoms with E-state index in [0.29, 0.717) is 28.6 Å². The maximum absolute atomic E-state index is 13.4. The minimum atomic E-state index is -4.27. The summed E-state index contributed by atoms with van der Waals surface area (Å²) in [5, 5.41) is 0.201. The first-order valence-electron chi connectivity index (χ1n) is 12.2. The lowest BCUT2D eigenvalue weighted by molar-refractivity contribution is 0.0458. The average Bonchev–Trinajstić information content (AvgIpc) is 3.66. The molecule has 0 aliphatic carbocycles. The zero-order valence-electron chi connectivity index (χ0n) is 21.7. The predicted octanol–water partition coefficient (Wildman–Crippen LogP) is 4.55. The molecule has 0 unspecified atom stereocenters. The van der Waals surface area contributed by atoms with Crippen LogP contribution in [0.3, 0.4) is 0 Å². The van der Waals surface area contributed by atoms with Crippen LogP contribution in [0.1, 0.15) is 16.2 Å². The van der Waals surface area contributed by atoms with Crippen molar-refractivity contribution < 1.29 is 46.4 Å². The molecule has 13 nitrogen and oxygen atoms in total. The molecule has 0 bridgehead atoms. The van der Waals surface area contributed by atoms with E-state index in [-0.39, 0.29) is 53.2 Å². The molecule has 15 heteroatoms. The standard InChI is InChI=1S/C27H20ClN3O10S/c1-35-16-3-5-18(28)21(9-16)41-24-11-29-26(27(32)36-12-15-2-6-19-22(8-15)39-13-37-19)30-25(24)31-42(33,34)17-4-7-20-23(10-17)40-14-38-20/h2-11H,12-14H2,1H3,(H,29,30,31). The smallest absolute Gasteiger partial charge is 0.376 e. The number of carbonyl (C=O) groups is 1. The molecule has 216 valence electrons. The Morgan fingerprint density at radius 2 is 1.64 bits per heavy atom. The van der Waals surface area contributed by atoms with Gasteiger partial charge in [-0.1, -0.05) is 17.7 Å². The van der Waals surface area contributed by atoms with Crippen LogP contribution in [0.4, 0.5) is 5.82 Å². The van der Waals surface area contributed by atoms with Gasteiger partial charge in [-0.3, -0.25) is 4.72 Å². The fraction of sp³-hybridized carbons (Fsp3) is 0.148. The highest BCUT2D eigenvalue weighted by Crippen LogP contribution is 2.38. The maximum Gasteiger partial charge on any atom is 0.376 e. The zero-order valence-corrected chi connectivity index (χ0v) is 23.2. The molecule has 3 heterocycles. The Labute approximate surface area is 243 Å². The number of methoxy groups -OCH3 is 1. The third-order valence-electron chi connectivity index (χ3n) is 5.99. The van der Waals surface area contributed by atoms with Gasteiger partial charge in [0.2, 0.25) is 19.4 Å². The minimum absolute atomic E-state index is 0.0326. The van der Waals surface area contributed by atoms with Crippen LogP contribution in [0, 0.1) is 0 Å². The maximum atomic E-state index is 13.4. The number of hydrogen-bond donors (Lipinski definition) is 1. The summed E-state index contributed by atoms with van der Waals surface area (Å²) in [6.45, 7) is -0.0588. The number of sulfonamides is 1. The molecular weight excluding hydrogens is 594 g/mol. The second-order valence-corrected chi connectivity index (χ2v) is 10.8. The number of nitrogens with zero attached hydrogens (tertiary/aromatic N) is 2. The van der Waals surface area contributed by atoms with Crippen LogP contribution in [0.2, 0.25) is 5.02 Å². The molecule has 3 aromatic carbocycles. The molecule has 6 rings (SSSR count). The van der Waals surface area contributed by atoms with Gasteiger partial charge in [-0.15, -0.1) is 0 Å². The van der Waals surface area contributed by atoms with Crippen LogP contribution in [0.5, 0.6) is 40.2 Å². The molecule has 2 aliphatic heterocycles. The fourth-order valence-corrected chi connectivity index (χ4v) is 5.08. The molecule has 0 saturated carbocycles. The van der Waals surface area contributed by atoms with Gasteiger partial charge in [0.25, 0.3) is 10.0 Å². The Kier molecular flexibility index (Phi) is 7.22. The van der Waals surface area contributed by atoms with E-state index >= 15 is 0 Å². The van der Waals surface area contributed by atoms with E-state index < -0.39 is 21.8 Å². The van der Waals surface area contributed by atoms with Gasteiger partial charge in [-0.2, -0.15) is 4.98 Å². The number of nitrogens with one attached hydrogen (secondary N) is 1. The Morgan fingerprint density at radius 1 is 0.929 bits per heavy atom. The SMILES string of the molecule is COc1ccc(Cl)c(Oc2cnc(C(=O)OCc3ccc4c(c3)OCO4)nc2NS(=O)(=O)c2ccc3c(c2)OCO3)c1. The van der Waals surface area contributed by atoms with Gasteiger partial charge in [0.15, 0.2) is 34.6 Å². The molecule has 1 aromatic heterocycles. The predicted molar refractivity (Wildman–Crippen MR) is 145 cm³/mol. The number of fused-ring (bicyclic) bond motifs is 2. The van der Waals surface area contributed by atoms with Crippen LogP contribution >= 0.6 is 11.6 Å². The number of rotatable bonds is 9. The van der Waals surface area contributed by atoms with E-state index in [1.165, 1.54) is 37.4 Å². The van der Waals surface area contributed by atoms with E-state index in [0.717, 1.165) is 6.20 Å². The van der Waals surface area contributed by atoms with Crippen molar-refractivity contribution in [1.82, 2.24) is 9.97 Å². The van der Waals surface area contributed by atoms with Gasteiger partial charge < -0.3 is 33.2 Å². The second kappa shape index (κ2) is 11.1. The van der Waals surface area contributed by atoms with Crippen molar-refractivity contribution in [2.75, 3.05) is 25.4 Å². The molecule has 0 radical (unpaired) electrons. The van der Waals surface area contributed by atoms with Crippen molar-refractivity contribution in [2.24, 2.45) is 0 Å². The highest BCUT2D eigenvalue weighted by atomic mass is 35.5. The lowest BCUT2D eigenvalue weighted by Gasteiger charge is -2.15. The molecule has 0 fully saturated rings. The average molecular weight is 614 g/mol. The molecule has 0 spiro atoms. The first kappa shape index (κ1) is 27.2. The summed E-state index contributed by atoms with van der Waals surface area (Å²) < 4.78 is 66.6. The summed E-state index contributed by atoms with van der Waals surface area (Å²) in [5.41, 5.74) is 0.629. The third kappa shape index (κ3) is 5.62. The lowest BCUT2D eigenvalue weighted by Crippen LogP contribution is -2.17. The van der Waals surface area contributed by atoms with Crippen LogP contribution in [-0.4, -0.2) is 45.1 Å². The number of carbonyl (C=O) groups excluding carboxylic acids is 1. The molecule has 0 amide bonds. The number of benzene rings is 3. The van der Waals surface area contributed by atoms with Gasteiger partial charge in [-0.05, 0) is 42.0 Å². The van der Waals surface area contributed by atoms with Gasteiger partial charge in [0.1, 0.15) is 18.1 Å². The highest BCUT2D eigenvalue weighted by Gasteiger charge is 2.25. The van der Waals surface area contributed by atoms with Crippen LogP contribution in [0.25, 0.3) is 0 Å². The van der Waals surface area contributed by atoms with E-state index in [4.69, 9.17) is 44.8 Å². The topological polar surface area (TPSA) is 154 Å². The van der Waals surface area contributed by atoms with Crippen LogP contribution < -0.4 is 33.1 Å². The number of halogens is 1. The van der Waals surface area contributed by atoms with E-state index in [2.05, 4.69) is 14.7 Å². The van der Waals surface area contributed by atoms with Crippen LogP contribution in [-0.2, 0) is 21.4 Å². The quantitative estimate of drug-likeness (QED) is 0.263. The summed E-state index contributed by atoms with van der Waals surface area (Å²) in [5.74, 6) is 0.483. The molecule has 2 aliphatic rings. The monoisotopic (exact) mass is 613 g/mol. The Bertz CT molecular complexity index is 1800. The summed E-state index contributed by atoms with van der Waals surface area (Å²) in [6.07, 6.45) is 1.12. The number of aromatic nitrogens is 2. The van der Waals surface area contributed by atoms with Crippen molar-refractivity contribution in [3.8, 4) is 40.2 Å². The zero-order chi connectivity index (χ0) is 29.3. The lowest BCUT2D eigenvalue weighted by atomic mass is 10.2. The molecule has 42 heavy (non-hydrogen) atoms. The number of esters is 1. The fourth-order valence-electron chi connectivity index (χ4n) is 3.90. The number of ether oxygens (including phenoxy) is 7. The summed E-state index contributed by atoms with van der Waals surface area (Å²) in [4.78, 5) is 20.9. The largest absolute Gasteiger partial charge is 0.497 e. The highest BCUT2D eigenvalue weighted by molar-refractivity contribution is 7.92. The second-order valence-electron chi connectivity index (χ2n) is 8.69. The molecule has 0 atom stereocenters. The van der Waals surface area contributed by atoms with Crippen LogP contribution in [0.15, 0.2) is 65.7 Å². The minimum Gasteiger partial charge on any atom is -0.497 e. The van der Waals surface area contributed by atoms with Crippen molar-refractivity contribution >= 4 is 33.4 Å². The van der Waals surface area contributed by atoms with Gasteiger partial charge in [-0.25, -0.2) is 18.2 Å². The summed E-state index contributed by atoms with van der Waals surface area (Å²) in [6, 6.07) is 13.8. The molecular formula is C27H20ClN3O10S. The van der Waals surface area contributed by atoms with Gasteiger partial charge in [0, 0.05) is 12.1 Å². The Balaban J connectivity index is 1.29. The molecule has 1 N–H and O–H groups in total. The van der Waals surface area contributed by atoms with E-state index in [9.17, 15) is 13.2 Å².